The number of hydrogen-bond acceptors (Lipinski definition) is 4. The lowest BCUT2D eigenvalue weighted by atomic mass is 10.2. The average Bonchev–Trinajstić information content (AvgIpc) is 3.19. The van der Waals surface area contributed by atoms with Crippen molar-refractivity contribution in [2.45, 2.75) is 38.3 Å². The van der Waals surface area contributed by atoms with Gasteiger partial charge in [0.15, 0.2) is 0 Å². The van der Waals surface area contributed by atoms with Crippen molar-refractivity contribution in [2.24, 2.45) is 0 Å². The van der Waals surface area contributed by atoms with E-state index in [-0.39, 0.29) is 12.6 Å². The maximum absolute atomic E-state index is 9.22. The highest BCUT2D eigenvalue weighted by Crippen LogP contribution is 2.27. The second-order valence-electron chi connectivity index (χ2n) is 5.33. The molecule has 0 aromatic rings. The zero-order valence-corrected chi connectivity index (χ0v) is 11.1. The fourth-order valence-corrected chi connectivity index (χ4v) is 2.68. The third-order valence-corrected chi connectivity index (χ3v) is 3.98. The summed E-state index contributed by atoms with van der Waals surface area (Å²) in [6.07, 6.45) is 3.91. The lowest BCUT2D eigenvalue weighted by Gasteiger charge is -2.35. The summed E-state index contributed by atoms with van der Waals surface area (Å²) in [6.45, 7) is 9.33. The van der Waals surface area contributed by atoms with Gasteiger partial charge in [0, 0.05) is 38.3 Å². The van der Waals surface area contributed by atoms with Crippen LogP contribution in [0, 0.1) is 0 Å². The lowest BCUT2D eigenvalue weighted by Crippen LogP contribution is -2.48. The summed E-state index contributed by atoms with van der Waals surface area (Å²) in [6, 6.07) is 1.20. The van der Waals surface area contributed by atoms with E-state index in [4.69, 9.17) is 0 Å². The predicted molar refractivity (Wildman–Crippen MR) is 70.2 cm³/mol. The highest BCUT2D eigenvalue weighted by Gasteiger charge is 2.30. The van der Waals surface area contributed by atoms with Crippen molar-refractivity contribution in [1.82, 2.24) is 15.1 Å². The van der Waals surface area contributed by atoms with Gasteiger partial charge in [0.2, 0.25) is 0 Å². The van der Waals surface area contributed by atoms with Crippen molar-refractivity contribution in [2.75, 3.05) is 45.9 Å². The van der Waals surface area contributed by atoms with Crippen LogP contribution in [-0.4, -0.2) is 72.9 Å². The molecule has 2 rings (SSSR count). The van der Waals surface area contributed by atoms with Gasteiger partial charge in [-0.3, -0.25) is 4.90 Å². The van der Waals surface area contributed by atoms with E-state index in [1.54, 1.807) is 0 Å². The third kappa shape index (κ3) is 4.21. The molecule has 4 heteroatoms. The highest BCUT2D eigenvalue weighted by molar-refractivity contribution is 4.87. The molecule has 1 aliphatic carbocycles. The number of aliphatic hydroxyl groups excluding tert-OH is 1. The Bertz CT molecular complexity index is 213. The van der Waals surface area contributed by atoms with Crippen molar-refractivity contribution >= 4 is 0 Å². The van der Waals surface area contributed by atoms with E-state index in [2.05, 4.69) is 22.0 Å². The van der Waals surface area contributed by atoms with Gasteiger partial charge in [0.25, 0.3) is 0 Å². The summed E-state index contributed by atoms with van der Waals surface area (Å²) in [7, 11) is 0. The van der Waals surface area contributed by atoms with Crippen molar-refractivity contribution in [3.8, 4) is 0 Å². The molecule has 2 aliphatic rings. The number of hydrogen-bond donors (Lipinski definition) is 2. The molecule has 1 saturated heterocycles. The number of piperazine rings is 1. The molecule has 0 bridgehead atoms. The first-order chi connectivity index (χ1) is 8.33. The number of likely N-dealkylation sites (N-methyl/N-ethyl adjacent to an activating group) is 1. The SMILES string of the molecule is CCNC(CO)CCN1CCN(C2CC2)CC1. The second kappa shape index (κ2) is 6.69. The van der Waals surface area contributed by atoms with Crippen molar-refractivity contribution in [3.05, 3.63) is 0 Å². The average molecular weight is 241 g/mol. The van der Waals surface area contributed by atoms with Gasteiger partial charge < -0.3 is 15.3 Å². The molecule has 0 radical (unpaired) electrons. The van der Waals surface area contributed by atoms with Gasteiger partial charge in [0.05, 0.1) is 6.61 Å². The normalized spacial score (nSPS) is 25.1. The largest absolute Gasteiger partial charge is 0.395 e. The van der Waals surface area contributed by atoms with Crippen LogP contribution >= 0.6 is 0 Å². The van der Waals surface area contributed by atoms with E-state index in [1.165, 1.54) is 39.0 Å². The molecule has 0 spiro atoms. The van der Waals surface area contributed by atoms with E-state index in [9.17, 15) is 5.11 Å². The summed E-state index contributed by atoms with van der Waals surface area (Å²) in [5.74, 6) is 0. The number of nitrogens with one attached hydrogen (secondary N) is 1. The quantitative estimate of drug-likeness (QED) is 0.664. The van der Waals surface area contributed by atoms with E-state index in [0.29, 0.717) is 0 Å². The summed E-state index contributed by atoms with van der Waals surface area (Å²) < 4.78 is 0. The van der Waals surface area contributed by atoms with Gasteiger partial charge in [-0.2, -0.15) is 0 Å². The summed E-state index contributed by atoms with van der Waals surface area (Å²) >= 11 is 0. The van der Waals surface area contributed by atoms with E-state index >= 15 is 0 Å². The topological polar surface area (TPSA) is 38.7 Å². The molecule has 4 nitrogen and oxygen atoms in total. The summed E-state index contributed by atoms with van der Waals surface area (Å²) in [4.78, 5) is 5.18. The lowest BCUT2D eigenvalue weighted by molar-refractivity contribution is 0.118. The minimum atomic E-state index is 0.260. The van der Waals surface area contributed by atoms with Gasteiger partial charge >= 0.3 is 0 Å². The standard InChI is InChI=1S/C13H27N3O/c1-2-14-12(11-17)5-6-15-7-9-16(10-8-15)13-3-4-13/h12-14,17H,2-11H2,1H3. The maximum Gasteiger partial charge on any atom is 0.0585 e. The Morgan fingerprint density at radius 3 is 2.47 bits per heavy atom. The van der Waals surface area contributed by atoms with Crippen LogP contribution in [0.2, 0.25) is 0 Å². The molecule has 1 saturated carbocycles. The van der Waals surface area contributed by atoms with E-state index < -0.39 is 0 Å². The van der Waals surface area contributed by atoms with Gasteiger partial charge in [-0.25, -0.2) is 0 Å². The summed E-state index contributed by atoms with van der Waals surface area (Å²) in [5.41, 5.74) is 0. The first-order valence-corrected chi connectivity index (χ1v) is 7.14. The van der Waals surface area contributed by atoms with Gasteiger partial charge in [-0.05, 0) is 32.4 Å². The third-order valence-electron chi connectivity index (χ3n) is 3.98. The zero-order valence-electron chi connectivity index (χ0n) is 11.1. The number of aliphatic hydroxyl groups is 1. The summed E-state index contributed by atoms with van der Waals surface area (Å²) in [5, 5.41) is 12.5. The molecular weight excluding hydrogens is 214 g/mol. The van der Waals surface area contributed by atoms with Gasteiger partial charge in [-0.1, -0.05) is 6.92 Å². The van der Waals surface area contributed by atoms with Crippen molar-refractivity contribution < 1.29 is 5.11 Å². The molecule has 0 aromatic heterocycles. The molecule has 17 heavy (non-hydrogen) atoms. The molecule has 0 aromatic carbocycles. The minimum absolute atomic E-state index is 0.260. The highest BCUT2D eigenvalue weighted by atomic mass is 16.3. The zero-order chi connectivity index (χ0) is 12.1. The molecule has 1 unspecified atom stereocenters. The Hall–Kier alpha value is -0.160. The van der Waals surface area contributed by atoms with E-state index in [0.717, 1.165) is 25.6 Å². The Morgan fingerprint density at radius 1 is 1.24 bits per heavy atom. The smallest absolute Gasteiger partial charge is 0.0585 e. The van der Waals surface area contributed by atoms with Crippen LogP contribution in [0.5, 0.6) is 0 Å². The molecule has 1 aliphatic heterocycles. The Labute approximate surface area is 105 Å². The van der Waals surface area contributed by atoms with Crippen molar-refractivity contribution in [1.29, 1.82) is 0 Å². The van der Waals surface area contributed by atoms with Gasteiger partial charge in [0.1, 0.15) is 0 Å². The molecule has 1 heterocycles. The first kappa shape index (κ1) is 13.3. The molecule has 2 fully saturated rings. The van der Waals surface area contributed by atoms with Crippen LogP contribution < -0.4 is 5.32 Å². The number of rotatable bonds is 7. The van der Waals surface area contributed by atoms with Crippen LogP contribution in [0.15, 0.2) is 0 Å². The second-order valence-corrected chi connectivity index (χ2v) is 5.33. The fourth-order valence-electron chi connectivity index (χ4n) is 2.68. The molecular formula is C13H27N3O. The first-order valence-electron chi connectivity index (χ1n) is 7.14. The van der Waals surface area contributed by atoms with Crippen LogP contribution in [-0.2, 0) is 0 Å². The minimum Gasteiger partial charge on any atom is -0.395 e. The molecule has 100 valence electrons. The molecule has 2 N–H and O–H groups in total. The predicted octanol–water partition coefficient (Wildman–Crippen LogP) is 0.127. The molecule has 0 amide bonds. The Balaban J connectivity index is 1.60. The van der Waals surface area contributed by atoms with Crippen LogP contribution in [0.4, 0.5) is 0 Å². The van der Waals surface area contributed by atoms with Crippen LogP contribution in [0.25, 0.3) is 0 Å². The van der Waals surface area contributed by atoms with Gasteiger partial charge in [-0.15, -0.1) is 0 Å². The maximum atomic E-state index is 9.22. The fraction of sp³-hybridized carbons (Fsp3) is 1.00. The monoisotopic (exact) mass is 241 g/mol. The van der Waals surface area contributed by atoms with Crippen molar-refractivity contribution in [3.63, 3.8) is 0 Å². The van der Waals surface area contributed by atoms with Crippen LogP contribution in [0.3, 0.4) is 0 Å². The Morgan fingerprint density at radius 2 is 1.94 bits per heavy atom. The Kier molecular flexibility index (Phi) is 5.22. The molecule has 1 atom stereocenters. The number of nitrogens with zero attached hydrogens (tertiary/aromatic N) is 2. The van der Waals surface area contributed by atoms with Crippen LogP contribution in [0.1, 0.15) is 26.2 Å². The van der Waals surface area contributed by atoms with E-state index in [1.807, 2.05) is 0 Å².